The molecule has 1 aliphatic carbocycles. The summed E-state index contributed by atoms with van der Waals surface area (Å²) in [5, 5.41) is 0. The molecule has 0 bridgehead atoms. The zero-order chi connectivity index (χ0) is 12.8. The molecule has 0 aromatic rings. The Bertz CT molecular complexity index is 227. The quantitative estimate of drug-likeness (QED) is 0.786. The molecule has 106 valence electrons. The molecular formula is C15H30N2O. The van der Waals surface area contributed by atoms with Gasteiger partial charge in [-0.05, 0) is 32.1 Å². The first-order valence-corrected chi connectivity index (χ1v) is 7.87. The lowest BCUT2D eigenvalue weighted by molar-refractivity contribution is 0.0528. The molecule has 2 atom stereocenters. The van der Waals surface area contributed by atoms with Gasteiger partial charge in [-0.25, -0.2) is 0 Å². The van der Waals surface area contributed by atoms with E-state index < -0.39 is 0 Å². The Morgan fingerprint density at radius 2 is 1.89 bits per heavy atom. The van der Waals surface area contributed by atoms with Crippen molar-refractivity contribution in [2.24, 2.45) is 11.7 Å². The van der Waals surface area contributed by atoms with Crippen LogP contribution in [0.5, 0.6) is 0 Å². The molecule has 2 rings (SSSR count). The first kappa shape index (κ1) is 14.3. The van der Waals surface area contributed by atoms with E-state index in [9.17, 15) is 0 Å². The molecule has 1 saturated carbocycles. The van der Waals surface area contributed by atoms with E-state index in [0.717, 1.165) is 32.0 Å². The second kappa shape index (κ2) is 7.46. The second-order valence-electron chi connectivity index (χ2n) is 6.08. The van der Waals surface area contributed by atoms with Crippen molar-refractivity contribution in [1.82, 2.24) is 4.90 Å². The Morgan fingerprint density at radius 1 is 1.17 bits per heavy atom. The van der Waals surface area contributed by atoms with Crippen LogP contribution < -0.4 is 5.73 Å². The fourth-order valence-electron chi connectivity index (χ4n) is 3.66. The van der Waals surface area contributed by atoms with Gasteiger partial charge in [0.25, 0.3) is 0 Å². The van der Waals surface area contributed by atoms with Crippen molar-refractivity contribution in [3.05, 3.63) is 0 Å². The van der Waals surface area contributed by atoms with E-state index in [-0.39, 0.29) is 0 Å². The van der Waals surface area contributed by atoms with E-state index in [1.165, 1.54) is 45.1 Å². The van der Waals surface area contributed by atoms with E-state index in [4.69, 9.17) is 10.5 Å². The Labute approximate surface area is 112 Å². The van der Waals surface area contributed by atoms with Gasteiger partial charge >= 0.3 is 0 Å². The summed E-state index contributed by atoms with van der Waals surface area (Å²) in [5.41, 5.74) is 6.10. The molecular weight excluding hydrogens is 224 g/mol. The van der Waals surface area contributed by atoms with Crippen molar-refractivity contribution in [2.45, 2.75) is 64.0 Å². The molecule has 0 aromatic heterocycles. The summed E-state index contributed by atoms with van der Waals surface area (Å²) in [6.07, 6.45) is 9.95. The highest BCUT2D eigenvalue weighted by atomic mass is 16.5. The molecule has 3 heteroatoms. The van der Waals surface area contributed by atoms with Gasteiger partial charge in [-0.2, -0.15) is 0 Å². The summed E-state index contributed by atoms with van der Waals surface area (Å²) >= 11 is 0. The van der Waals surface area contributed by atoms with Gasteiger partial charge in [0.1, 0.15) is 0 Å². The number of hydrogen-bond donors (Lipinski definition) is 1. The standard InChI is InChI=1S/C15H30N2O/c1-13-12-17(9-6-10-18-13)15(11-16)14-7-4-2-3-5-8-14/h13-15H,2-12,16H2,1H3. The van der Waals surface area contributed by atoms with Crippen LogP contribution in [0.2, 0.25) is 0 Å². The minimum Gasteiger partial charge on any atom is -0.377 e. The highest BCUT2D eigenvalue weighted by Crippen LogP contribution is 2.28. The molecule has 1 heterocycles. The Kier molecular flexibility index (Phi) is 5.93. The minimum absolute atomic E-state index is 0.368. The lowest BCUT2D eigenvalue weighted by atomic mass is 9.90. The first-order chi connectivity index (χ1) is 8.81. The predicted octanol–water partition coefficient (Wildman–Crippen LogP) is 2.39. The van der Waals surface area contributed by atoms with Gasteiger partial charge < -0.3 is 10.5 Å². The molecule has 2 N–H and O–H groups in total. The van der Waals surface area contributed by atoms with E-state index in [2.05, 4.69) is 11.8 Å². The predicted molar refractivity (Wildman–Crippen MR) is 75.6 cm³/mol. The van der Waals surface area contributed by atoms with Crippen molar-refractivity contribution in [3.8, 4) is 0 Å². The van der Waals surface area contributed by atoms with Gasteiger partial charge in [-0.1, -0.05) is 25.7 Å². The minimum atomic E-state index is 0.368. The highest BCUT2D eigenvalue weighted by molar-refractivity contribution is 4.84. The van der Waals surface area contributed by atoms with Crippen molar-refractivity contribution in [1.29, 1.82) is 0 Å². The Balaban J connectivity index is 1.96. The molecule has 1 saturated heterocycles. The van der Waals surface area contributed by atoms with E-state index in [1.807, 2.05) is 0 Å². The molecule has 0 spiro atoms. The van der Waals surface area contributed by atoms with Crippen molar-refractivity contribution in [3.63, 3.8) is 0 Å². The summed E-state index contributed by atoms with van der Waals surface area (Å²) in [7, 11) is 0. The topological polar surface area (TPSA) is 38.5 Å². The van der Waals surface area contributed by atoms with Crippen LogP contribution in [-0.2, 0) is 4.74 Å². The molecule has 2 fully saturated rings. The SMILES string of the molecule is CC1CN(C(CN)C2CCCCCC2)CCCO1. The van der Waals surface area contributed by atoms with Gasteiger partial charge in [0.05, 0.1) is 6.10 Å². The van der Waals surface area contributed by atoms with Crippen LogP contribution >= 0.6 is 0 Å². The first-order valence-electron chi connectivity index (χ1n) is 7.87. The zero-order valence-electron chi connectivity index (χ0n) is 11.9. The van der Waals surface area contributed by atoms with Crippen LogP contribution in [0.4, 0.5) is 0 Å². The van der Waals surface area contributed by atoms with Gasteiger partial charge in [0.2, 0.25) is 0 Å². The van der Waals surface area contributed by atoms with E-state index >= 15 is 0 Å². The molecule has 0 radical (unpaired) electrons. The zero-order valence-corrected chi connectivity index (χ0v) is 11.9. The summed E-state index contributed by atoms with van der Waals surface area (Å²) in [5.74, 6) is 0.822. The summed E-state index contributed by atoms with van der Waals surface area (Å²) < 4.78 is 5.76. The molecule has 1 aliphatic heterocycles. The van der Waals surface area contributed by atoms with E-state index in [0.29, 0.717) is 12.1 Å². The number of hydrogen-bond acceptors (Lipinski definition) is 3. The number of nitrogens with zero attached hydrogens (tertiary/aromatic N) is 1. The maximum atomic E-state index is 6.10. The van der Waals surface area contributed by atoms with Crippen LogP contribution in [0.3, 0.4) is 0 Å². The second-order valence-corrected chi connectivity index (χ2v) is 6.08. The smallest absolute Gasteiger partial charge is 0.0674 e. The van der Waals surface area contributed by atoms with Gasteiger partial charge in [-0.3, -0.25) is 4.90 Å². The van der Waals surface area contributed by atoms with Crippen molar-refractivity contribution in [2.75, 3.05) is 26.2 Å². The molecule has 0 aromatic carbocycles. The maximum Gasteiger partial charge on any atom is 0.0674 e. The fraction of sp³-hybridized carbons (Fsp3) is 1.00. The average molecular weight is 254 g/mol. The largest absolute Gasteiger partial charge is 0.377 e. The third kappa shape index (κ3) is 3.94. The third-order valence-corrected chi connectivity index (χ3v) is 4.64. The number of rotatable bonds is 3. The third-order valence-electron chi connectivity index (χ3n) is 4.64. The Morgan fingerprint density at radius 3 is 2.56 bits per heavy atom. The van der Waals surface area contributed by atoms with Gasteiger partial charge in [0.15, 0.2) is 0 Å². The monoisotopic (exact) mass is 254 g/mol. The van der Waals surface area contributed by atoms with Gasteiger partial charge in [-0.15, -0.1) is 0 Å². The normalized spacial score (nSPS) is 30.7. The maximum absolute atomic E-state index is 6.10. The number of nitrogens with two attached hydrogens (primary N) is 1. The van der Waals surface area contributed by atoms with Crippen LogP contribution in [0, 0.1) is 5.92 Å². The summed E-state index contributed by atoms with van der Waals surface area (Å²) in [6.45, 7) is 6.16. The average Bonchev–Trinajstić information content (AvgIpc) is 2.74. The van der Waals surface area contributed by atoms with Crippen LogP contribution in [-0.4, -0.2) is 43.3 Å². The van der Waals surface area contributed by atoms with Crippen molar-refractivity contribution < 1.29 is 4.74 Å². The lowest BCUT2D eigenvalue weighted by Gasteiger charge is -2.36. The van der Waals surface area contributed by atoms with Crippen LogP contribution in [0.25, 0.3) is 0 Å². The highest BCUT2D eigenvalue weighted by Gasteiger charge is 2.28. The summed E-state index contributed by atoms with van der Waals surface area (Å²) in [6, 6.07) is 0.590. The van der Waals surface area contributed by atoms with E-state index in [1.54, 1.807) is 0 Å². The summed E-state index contributed by atoms with van der Waals surface area (Å²) in [4.78, 5) is 2.62. The van der Waals surface area contributed by atoms with Gasteiger partial charge in [0, 0.05) is 32.3 Å². The lowest BCUT2D eigenvalue weighted by Crippen LogP contribution is -2.47. The number of ether oxygens (including phenoxy) is 1. The molecule has 2 unspecified atom stereocenters. The van der Waals surface area contributed by atoms with Crippen LogP contribution in [0.15, 0.2) is 0 Å². The molecule has 18 heavy (non-hydrogen) atoms. The molecule has 0 amide bonds. The van der Waals surface area contributed by atoms with Crippen molar-refractivity contribution >= 4 is 0 Å². The molecule has 3 nitrogen and oxygen atoms in total. The fourth-order valence-corrected chi connectivity index (χ4v) is 3.66. The Hall–Kier alpha value is -0.120. The molecule has 2 aliphatic rings. The van der Waals surface area contributed by atoms with Crippen LogP contribution in [0.1, 0.15) is 51.9 Å².